The lowest BCUT2D eigenvalue weighted by molar-refractivity contribution is -0.132. The zero-order valence-corrected chi connectivity index (χ0v) is 16.7. The van der Waals surface area contributed by atoms with Crippen molar-refractivity contribution < 1.29 is 4.79 Å². The molecular weight excluding hydrogens is 391 g/mol. The second kappa shape index (κ2) is 13.0. The first-order valence-corrected chi connectivity index (χ1v) is 8.39. The number of nitrogens with one attached hydrogen (secondary N) is 2. The Bertz CT molecular complexity index is 336. The summed E-state index contributed by atoms with van der Waals surface area (Å²) in [6.07, 6.45) is 6.54. The van der Waals surface area contributed by atoms with Gasteiger partial charge < -0.3 is 15.5 Å². The fourth-order valence-corrected chi connectivity index (χ4v) is 2.66. The van der Waals surface area contributed by atoms with Crippen molar-refractivity contribution in [2.75, 3.05) is 33.2 Å². The molecule has 1 atom stereocenters. The minimum atomic E-state index is 0. The molecule has 1 fully saturated rings. The molecule has 2 N–H and O–H groups in total. The van der Waals surface area contributed by atoms with Gasteiger partial charge in [-0.15, -0.1) is 24.0 Å². The second-order valence-corrected chi connectivity index (χ2v) is 5.97. The van der Waals surface area contributed by atoms with Crippen molar-refractivity contribution >= 4 is 35.8 Å². The SMILES string of the molecule is CCCCCNC(=NC)NCCC(=O)N1CCCC(C)C1.I. The van der Waals surface area contributed by atoms with Crippen molar-refractivity contribution in [1.29, 1.82) is 0 Å². The molecule has 0 radical (unpaired) electrons. The van der Waals surface area contributed by atoms with E-state index in [4.69, 9.17) is 0 Å². The molecule has 0 aromatic rings. The van der Waals surface area contributed by atoms with Crippen LogP contribution in [0, 0.1) is 5.92 Å². The Balaban J connectivity index is 0.00000441. The lowest BCUT2D eigenvalue weighted by Crippen LogP contribution is -2.42. The van der Waals surface area contributed by atoms with Gasteiger partial charge >= 0.3 is 0 Å². The van der Waals surface area contributed by atoms with Crippen LogP contribution in [0.1, 0.15) is 52.4 Å². The van der Waals surface area contributed by atoms with Crippen LogP contribution in [0.15, 0.2) is 4.99 Å². The summed E-state index contributed by atoms with van der Waals surface area (Å²) in [6.45, 7) is 7.85. The zero-order valence-electron chi connectivity index (χ0n) is 14.4. The maximum Gasteiger partial charge on any atom is 0.224 e. The van der Waals surface area contributed by atoms with Crippen LogP contribution < -0.4 is 10.6 Å². The van der Waals surface area contributed by atoms with E-state index in [9.17, 15) is 4.79 Å². The summed E-state index contributed by atoms with van der Waals surface area (Å²) < 4.78 is 0. The van der Waals surface area contributed by atoms with Gasteiger partial charge in [0.05, 0.1) is 0 Å². The van der Waals surface area contributed by atoms with Crippen LogP contribution in [0.4, 0.5) is 0 Å². The van der Waals surface area contributed by atoms with Crippen LogP contribution in [0.3, 0.4) is 0 Å². The van der Waals surface area contributed by atoms with Crippen LogP contribution in [-0.4, -0.2) is 50.0 Å². The summed E-state index contributed by atoms with van der Waals surface area (Å²) in [7, 11) is 1.77. The van der Waals surface area contributed by atoms with E-state index in [0.717, 1.165) is 38.4 Å². The molecular formula is C16H33IN4O. The number of carbonyl (C=O) groups excluding carboxylic acids is 1. The molecule has 6 heteroatoms. The Morgan fingerprint density at radius 1 is 1.27 bits per heavy atom. The molecule has 1 unspecified atom stereocenters. The van der Waals surface area contributed by atoms with E-state index < -0.39 is 0 Å². The molecule has 0 aliphatic carbocycles. The first-order valence-electron chi connectivity index (χ1n) is 8.39. The minimum Gasteiger partial charge on any atom is -0.356 e. The molecule has 0 aromatic carbocycles. The Labute approximate surface area is 152 Å². The standard InChI is InChI=1S/C16H32N4O.HI/c1-4-5-6-10-18-16(17-3)19-11-9-15(21)20-12-7-8-14(2)13-20;/h14H,4-13H2,1-3H3,(H2,17,18,19);1H. The lowest BCUT2D eigenvalue weighted by Gasteiger charge is -2.31. The monoisotopic (exact) mass is 424 g/mol. The summed E-state index contributed by atoms with van der Waals surface area (Å²) in [6, 6.07) is 0. The minimum absolute atomic E-state index is 0. The average Bonchev–Trinajstić information content (AvgIpc) is 2.49. The van der Waals surface area contributed by atoms with Gasteiger partial charge in [-0.25, -0.2) is 0 Å². The van der Waals surface area contributed by atoms with Gasteiger partial charge in [-0.2, -0.15) is 0 Å². The number of halogens is 1. The predicted molar refractivity (Wildman–Crippen MR) is 104 cm³/mol. The molecule has 1 saturated heterocycles. The van der Waals surface area contributed by atoms with E-state index in [0.29, 0.717) is 18.9 Å². The third-order valence-corrected chi connectivity index (χ3v) is 3.94. The molecule has 5 nitrogen and oxygen atoms in total. The van der Waals surface area contributed by atoms with E-state index >= 15 is 0 Å². The lowest BCUT2D eigenvalue weighted by atomic mass is 10.00. The van der Waals surface area contributed by atoms with Gasteiger partial charge in [0.25, 0.3) is 0 Å². The maximum absolute atomic E-state index is 12.1. The number of amides is 1. The molecule has 1 rings (SSSR count). The molecule has 1 amide bonds. The molecule has 1 heterocycles. The number of hydrogen-bond donors (Lipinski definition) is 2. The molecule has 0 bridgehead atoms. The van der Waals surface area contributed by atoms with Crippen LogP contribution in [-0.2, 0) is 4.79 Å². The first-order chi connectivity index (χ1) is 10.2. The zero-order chi connectivity index (χ0) is 15.5. The number of guanidine groups is 1. The van der Waals surface area contributed by atoms with Gasteiger partial charge in [0.1, 0.15) is 0 Å². The van der Waals surface area contributed by atoms with Crippen molar-refractivity contribution in [2.45, 2.75) is 52.4 Å². The highest BCUT2D eigenvalue weighted by Gasteiger charge is 2.20. The quantitative estimate of drug-likeness (QED) is 0.286. The summed E-state index contributed by atoms with van der Waals surface area (Å²) >= 11 is 0. The van der Waals surface area contributed by atoms with Crippen molar-refractivity contribution in [3.05, 3.63) is 0 Å². The molecule has 0 spiro atoms. The number of carbonyl (C=O) groups is 1. The molecule has 22 heavy (non-hydrogen) atoms. The van der Waals surface area contributed by atoms with Gasteiger partial charge in [-0.05, 0) is 25.2 Å². The van der Waals surface area contributed by atoms with Crippen LogP contribution in [0.25, 0.3) is 0 Å². The van der Waals surface area contributed by atoms with Crippen LogP contribution in [0.5, 0.6) is 0 Å². The summed E-state index contributed by atoms with van der Waals surface area (Å²) in [5.41, 5.74) is 0. The average molecular weight is 424 g/mol. The van der Waals surface area contributed by atoms with Gasteiger partial charge in [-0.1, -0.05) is 26.7 Å². The molecule has 1 aliphatic heterocycles. The summed E-state index contributed by atoms with van der Waals surface area (Å²) in [4.78, 5) is 18.3. The van der Waals surface area contributed by atoms with Crippen LogP contribution >= 0.6 is 24.0 Å². The van der Waals surface area contributed by atoms with Crippen molar-refractivity contribution in [1.82, 2.24) is 15.5 Å². The highest BCUT2D eigenvalue weighted by atomic mass is 127. The fourth-order valence-electron chi connectivity index (χ4n) is 2.66. The number of unbranched alkanes of at least 4 members (excludes halogenated alkanes) is 2. The van der Waals surface area contributed by atoms with E-state index in [1.54, 1.807) is 7.05 Å². The molecule has 0 aromatic heterocycles. The Hall–Kier alpha value is -0.530. The number of hydrogen-bond acceptors (Lipinski definition) is 2. The van der Waals surface area contributed by atoms with Gasteiger partial charge in [0, 0.05) is 39.6 Å². The smallest absolute Gasteiger partial charge is 0.224 e. The Kier molecular flexibility index (Phi) is 12.6. The first kappa shape index (κ1) is 21.5. The van der Waals surface area contributed by atoms with E-state index in [-0.39, 0.29) is 29.9 Å². The molecule has 130 valence electrons. The number of likely N-dealkylation sites (tertiary alicyclic amines) is 1. The van der Waals surface area contributed by atoms with E-state index in [1.807, 2.05) is 4.90 Å². The van der Waals surface area contributed by atoms with Gasteiger partial charge in [0.15, 0.2) is 5.96 Å². The third-order valence-electron chi connectivity index (χ3n) is 3.94. The van der Waals surface area contributed by atoms with Crippen molar-refractivity contribution in [3.63, 3.8) is 0 Å². The third kappa shape index (κ3) is 8.80. The van der Waals surface area contributed by atoms with E-state index in [1.165, 1.54) is 19.3 Å². The largest absolute Gasteiger partial charge is 0.356 e. The molecule has 1 aliphatic rings. The number of aliphatic imine (C=N–C) groups is 1. The normalized spacial score (nSPS) is 18.6. The number of rotatable bonds is 7. The number of nitrogens with zero attached hydrogens (tertiary/aromatic N) is 2. The van der Waals surface area contributed by atoms with E-state index in [2.05, 4.69) is 29.5 Å². The summed E-state index contributed by atoms with van der Waals surface area (Å²) in [5.74, 6) is 1.70. The topological polar surface area (TPSA) is 56.7 Å². The molecule has 0 saturated carbocycles. The Morgan fingerprint density at radius 3 is 2.64 bits per heavy atom. The second-order valence-electron chi connectivity index (χ2n) is 5.97. The highest BCUT2D eigenvalue weighted by molar-refractivity contribution is 14.0. The van der Waals surface area contributed by atoms with Gasteiger partial charge in [-0.3, -0.25) is 9.79 Å². The maximum atomic E-state index is 12.1. The Morgan fingerprint density at radius 2 is 2.00 bits per heavy atom. The highest BCUT2D eigenvalue weighted by Crippen LogP contribution is 2.15. The predicted octanol–water partition coefficient (Wildman–Crippen LogP) is 2.61. The van der Waals surface area contributed by atoms with Crippen molar-refractivity contribution in [3.8, 4) is 0 Å². The fraction of sp³-hybridized carbons (Fsp3) is 0.875. The summed E-state index contributed by atoms with van der Waals surface area (Å²) in [5, 5.41) is 6.50. The van der Waals surface area contributed by atoms with Crippen LogP contribution in [0.2, 0.25) is 0 Å². The number of piperidine rings is 1. The van der Waals surface area contributed by atoms with Gasteiger partial charge in [0.2, 0.25) is 5.91 Å². The van der Waals surface area contributed by atoms with Crippen molar-refractivity contribution in [2.24, 2.45) is 10.9 Å².